The summed E-state index contributed by atoms with van der Waals surface area (Å²) in [6.45, 7) is 0. The number of nitrogens with two attached hydrogens (primary N) is 1. The number of anilines is 1. The molecular weight excluding hydrogens is 296 g/mol. The minimum Gasteiger partial charge on any atom is -0.478 e. The summed E-state index contributed by atoms with van der Waals surface area (Å²) in [5.74, 6) is -1.37. The molecule has 1 aliphatic carbocycles. The molecule has 0 radical (unpaired) electrons. The van der Waals surface area contributed by atoms with Crippen molar-refractivity contribution in [3.8, 4) is 0 Å². The highest BCUT2D eigenvalue weighted by Gasteiger charge is 2.30. The Morgan fingerprint density at radius 3 is 2.57 bits per heavy atom. The molecule has 2 rings (SSSR count). The first-order valence-corrected chi connectivity index (χ1v) is 8.13. The van der Waals surface area contributed by atoms with Gasteiger partial charge >= 0.3 is 5.97 Å². The van der Waals surface area contributed by atoms with E-state index in [0.717, 1.165) is 25.0 Å². The maximum absolute atomic E-state index is 12.4. The summed E-state index contributed by atoms with van der Waals surface area (Å²) in [5.41, 5.74) is 5.29. The molecular formula is C13H18N2O5S. The molecule has 7 nitrogen and oxygen atoms in total. The third kappa shape index (κ3) is 3.52. The van der Waals surface area contributed by atoms with Crippen LogP contribution in [0.1, 0.15) is 36.0 Å². The summed E-state index contributed by atoms with van der Waals surface area (Å²) in [4.78, 5) is 10.8. The lowest BCUT2D eigenvalue weighted by Crippen LogP contribution is -2.45. The Morgan fingerprint density at radius 1 is 1.29 bits per heavy atom. The zero-order valence-corrected chi connectivity index (χ0v) is 12.1. The molecule has 2 atom stereocenters. The Morgan fingerprint density at radius 2 is 1.95 bits per heavy atom. The molecule has 0 spiro atoms. The molecule has 0 aliphatic heterocycles. The van der Waals surface area contributed by atoms with Gasteiger partial charge in [-0.1, -0.05) is 12.8 Å². The number of sulfonamides is 1. The highest BCUT2D eigenvalue weighted by atomic mass is 32.2. The minimum atomic E-state index is -4.03. The van der Waals surface area contributed by atoms with Crippen LogP contribution in [0.4, 0.5) is 5.69 Å². The van der Waals surface area contributed by atoms with Crippen molar-refractivity contribution in [2.75, 3.05) is 5.73 Å². The van der Waals surface area contributed by atoms with Crippen LogP contribution < -0.4 is 10.5 Å². The fourth-order valence-electron chi connectivity index (χ4n) is 2.46. The van der Waals surface area contributed by atoms with Crippen molar-refractivity contribution in [3.05, 3.63) is 23.8 Å². The Labute approximate surface area is 122 Å². The number of nitrogen functional groups attached to an aromatic ring is 1. The first-order chi connectivity index (χ1) is 9.81. The number of benzene rings is 1. The van der Waals surface area contributed by atoms with Crippen molar-refractivity contribution >= 4 is 21.7 Å². The van der Waals surface area contributed by atoms with Crippen LogP contribution in [0.25, 0.3) is 0 Å². The summed E-state index contributed by atoms with van der Waals surface area (Å²) in [5, 5.41) is 19.0. The fourth-order valence-corrected chi connectivity index (χ4v) is 3.94. The molecule has 0 bridgehead atoms. The summed E-state index contributed by atoms with van der Waals surface area (Å²) in [7, 11) is -4.03. The van der Waals surface area contributed by atoms with Gasteiger partial charge in [0.1, 0.15) is 0 Å². The van der Waals surface area contributed by atoms with Gasteiger partial charge in [0.25, 0.3) is 0 Å². The number of carbonyl (C=O) groups is 1. The van der Waals surface area contributed by atoms with Crippen LogP contribution in [-0.2, 0) is 10.0 Å². The van der Waals surface area contributed by atoms with E-state index in [1.807, 2.05) is 0 Å². The first-order valence-electron chi connectivity index (χ1n) is 6.64. The van der Waals surface area contributed by atoms with E-state index in [4.69, 9.17) is 10.8 Å². The Bertz CT molecular complexity index is 644. The highest BCUT2D eigenvalue weighted by molar-refractivity contribution is 7.89. The third-order valence-electron chi connectivity index (χ3n) is 3.56. The van der Waals surface area contributed by atoms with Crippen LogP contribution in [0, 0.1) is 0 Å². The SMILES string of the molecule is Nc1ccc(S(=O)(=O)NC2CCCCC2O)c(C(=O)O)c1. The van der Waals surface area contributed by atoms with E-state index in [9.17, 15) is 18.3 Å². The normalized spacial score (nSPS) is 22.9. The van der Waals surface area contributed by atoms with Gasteiger partial charge in [-0.05, 0) is 31.0 Å². The number of rotatable bonds is 4. The maximum atomic E-state index is 12.4. The van der Waals surface area contributed by atoms with Crippen molar-refractivity contribution in [2.24, 2.45) is 0 Å². The van der Waals surface area contributed by atoms with Gasteiger partial charge in [-0.2, -0.15) is 0 Å². The number of nitrogens with one attached hydrogen (secondary N) is 1. The van der Waals surface area contributed by atoms with Gasteiger partial charge in [-0.3, -0.25) is 0 Å². The second-order valence-electron chi connectivity index (χ2n) is 5.14. The molecule has 0 amide bonds. The van der Waals surface area contributed by atoms with Crippen LogP contribution in [0.5, 0.6) is 0 Å². The van der Waals surface area contributed by atoms with Crippen molar-refractivity contribution < 1.29 is 23.4 Å². The molecule has 1 aromatic rings. The monoisotopic (exact) mass is 314 g/mol. The third-order valence-corrected chi connectivity index (χ3v) is 5.11. The maximum Gasteiger partial charge on any atom is 0.337 e. The lowest BCUT2D eigenvalue weighted by atomic mass is 9.93. The number of aliphatic hydroxyl groups is 1. The van der Waals surface area contributed by atoms with Crippen molar-refractivity contribution in [1.29, 1.82) is 0 Å². The highest BCUT2D eigenvalue weighted by Crippen LogP contribution is 2.23. The molecule has 21 heavy (non-hydrogen) atoms. The van der Waals surface area contributed by atoms with E-state index in [1.165, 1.54) is 6.07 Å². The molecule has 1 fully saturated rings. The second kappa shape index (κ2) is 6.00. The summed E-state index contributed by atoms with van der Waals surface area (Å²) >= 11 is 0. The second-order valence-corrected chi connectivity index (χ2v) is 6.82. The molecule has 0 saturated heterocycles. The predicted molar refractivity (Wildman–Crippen MR) is 76.4 cm³/mol. The summed E-state index contributed by atoms with van der Waals surface area (Å²) in [6.07, 6.45) is 1.97. The van der Waals surface area contributed by atoms with Crippen molar-refractivity contribution in [3.63, 3.8) is 0 Å². The van der Waals surface area contributed by atoms with Gasteiger partial charge in [0.2, 0.25) is 10.0 Å². The van der Waals surface area contributed by atoms with Crippen LogP contribution in [0.15, 0.2) is 23.1 Å². The van der Waals surface area contributed by atoms with Gasteiger partial charge in [-0.15, -0.1) is 0 Å². The number of hydrogen-bond donors (Lipinski definition) is 4. The number of carboxylic acid groups (broad SMARTS) is 1. The van der Waals surface area contributed by atoms with Crippen LogP contribution in [-0.4, -0.2) is 36.7 Å². The molecule has 0 aromatic heterocycles. The van der Waals surface area contributed by atoms with Crippen LogP contribution in [0.3, 0.4) is 0 Å². The molecule has 8 heteroatoms. The summed E-state index contributed by atoms with van der Waals surface area (Å²) in [6, 6.07) is 3.01. The number of hydrogen-bond acceptors (Lipinski definition) is 5. The Kier molecular flexibility index (Phi) is 4.50. The lowest BCUT2D eigenvalue weighted by Gasteiger charge is -2.28. The topological polar surface area (TPSA) is 130 Å². The van der Waals surface area contributed by atoms with Gasteiger partial charge in [0.15, 0.2) is 0 Å². The number of carboxylic acids is 1. The molecule has 0 heterocycles. The van der Waals surface area contributed by atoms with E-state index in [2.05, 4.69) is 4.72 Å². The van der Waals surface area contributed by atoms with Crippen LogP contribution >= 0.6 is 0 Å². The number of aromatic carboxylic acids is 1. The van der Waals surface area contributed by atoms with Gasteiger partial charge in [-0.25, -0.2) is 17.9 Å². The van der Waals surface area contributed by atoms with Crippen molar-refractivity contribution in [2.45, 2.75) is 42.7 Å². The van der Waals surface area contributed by atoms with Crippen LogP contribution in [0.2, 0.25) is 0 Å². The van der Waals surface area contributed by atoms with E-state index >= 15 is 0 Å². The smallest absolute Gasteiger partial charge is 0.337 e. The van der Waals surface area contributed by atoms with Gasteiger partial charge in [0, 0.05) is 11.7 Å². The average molecular weight is 314 g/mol. The molecule has 1 aromatic carbocycles. The molecule has 5 N–H and O–H groups in total. The first kappa shape index (κ1) is 15.7. The molecule has 1 aliphatic rings. The fraction of sp³-hybridized carbons (Fsp3) is 0.462. The Hall–Kier alpha value is -1.64. The van der Waals surface area contributed by atoms with E-state index < -0.39 is 28.1 Å². The van der Waals surface area contributed by atoms with Crippen molar-refractivity contribution in [1.82, 2.24) is 4.72 Å². The quantitative estimate of drug-likeness (QED) is 0.600. The lowest BCUT2D eigenvalue weighted by molar-refractivity contribution is 0.0692. The molecule has 1 saturated carbocycles. The molecule has 2 unspecified atom stereocenters. The van der Waals surface area contributed by atoms with E-state index in [0.29, 0.717) is 12.8 Å². The van der Waals surface area contributed by atoms with E-state index in [1.54, 1.807) is 0 Å². The Balaban J connectivity index is 2.33. The minimum absolute atomic E-state index is 0.170. The average Bonchev–Trinajstić information content (AvgIpc) is 2.40. The molecule has 116 valence electrons. The zero-order chi connectivity index (χ0) is 15.6. The summed E-state index contributed by atoms with van der Waals surface area (Å²) < 4.78 is 27.1. The van der Waals surface area contributed by atoms with Gasteiger partial charge < -0.3 is 15.9 Å². The zero-order valence-electron chi connectivity index (χ0n) is 11.3. The predicted octanol–water partition coefficient (Wildman–Crippen LogP) is 0.549. The number of aliphatic hydroxyl groups excluding tert-OH is 1. The van der Waals surface area contributed by atoms with E-state index in [-0.39, 0.29) is 16.1 Å². The van der Waals surface area contributed by atoms with Gasteiger partial charge in [0.05, 0.1) is 16.6 Å². The standard InChI is InChI=1S/C13H18N2O5S/c14-8-5-6-12(9(7-8)13(17)18)21(19,20)15-10-3-1-2-4-11(10)16/h5-7,10-11,15-16H,1-4,14H2,(H,17,18). The largest absolute Gasteiger partial charge is 0.478 e.